The molecule has 17 nitrogen and oxygen atoms in total. The summed E-state index contributed by atoms with van der Waals surface area (Å²) in [7, 11) is 0. The first kappa shape index (κ1) is 46.7. The summed E-state index contributed by atoms with van der Waals surface area (Å²) >= 11 is 0. The number of guanidine groups is 1. The molecule has 0 heterocycles. The first-order valence-corrected chi connectivity index (χ1v) is 19.5. The van der Waals surface area contributed by atoms with Crippen molar-refractivity contribution in [2.24, 2.45) is 28.3 Å². The molecule has 0 aliphatic heterocycles. The second kappa shape index (κ2) is 24.9. The number of carbonyl (C=O) groups excluding carboxylic acids is 6. The molecule has 0 radical (unpaired) electrons. The number of hydrogen-bond donors (Lipinski definition) is 8. The van der Waals surface area contributed by atoms with E-state index in [1.807, 2.05) is 38.1 Å². The molecule has 6 amide bonds. The van der Waals surface area contributed by atoms with Gasteiger partial charge in [-0.3, -0.25) is 24.8 Å². The highest BCUT2D eigenvalue weighted by molar-refractivity contribution is 5.94. The third kappa shape index (κ3) is 18.0. The monoisotopic (exact) mass is 815 g/mol. The number of hydrazine groups is 1. The van der Waals surface area contributed by atoms with Gasteiger partial charge in [-0.25, -0.2) is 19.8 Å². The molecule has 3 aromatic rings. The maximum absolute atomic E-state index is 13.9. The fourth-order valence-electron chi connectivity index (χ4n) is 5.69. The molecule has 0 spiro atoms. The van der Waals surface area contributed by atoms with Crippen LogP contribution in [0.5, 0.6) is 0 Å². The SMILES string of the molecule is CC(C)C[C@H](NC(=O)[C@H](CCCN=C(N)N)NC(=O)OCc1ccccc1)C(=O)N[C@@H](Cc1ccccc1)C(=O)NNC(=O)N[C@H](C(=O)OCc1ccccc1)C(C)C. The number of amides is 6. The Bertz CT molecular complexity index is 1830. The molecule has 0 fully saturated rings. The molecule has 0 unspecified atom stereocenters. The first-order valence-electron chi connectivity index (χ1n) is 19.5. The number of urea groups is 1. The molecule has 0 aliphatic carbocycles. The van der Waals surface area contributed by atoms with Crippen molar-refractivity contribution in [3.63, 3.8) is 0 Å². The van der Waals surface area contributed by atoms with Crippen molar-refractivity contribution >= 4 is 41.8 Å². The summed E-state index contributed by atoms with van der Waals surface area (Å²) in [6.45, 7) is 7.34. The number of nitrogens with two attached hydrogens (primary N) is 2. The van der Waals surface area contributed by atoms with Gasteiger partial charge < -0.3 is 42.2 Å². The minimum Gasteiger partial charge on any atom is -0.459 e. The number of alkyl carbamates (subject to hydrolysis) is 1. The normalized spacial score (nSPS) is 12.8. The second-order valence-corrected chi connectivity index (χ2v) is 14.6. The zero-order chi connectivity index (χ0) is 43.2. The summed E-state index contributed by atoms with van der Waals surface area (Å²) in [5.74, 6) is -3.36. The summed E-state index contributed by atoms with van der Waals surface area (Å²) in [5.41, 5.74) is 17.7. The number of nitrogens with one attached hydrogen (secondary N) is 6. The van der Waals surface area contributed by atoms with Gasteiger partial charge in [-0.05, 0) is 47.8 Å². The van der Waals surface area contributed by atoms with Gasteiger partial charge in [0, 0.05) is 13.0 Å². The number of rotatable bonds is 21. The van der Waals surface area contributed by atoms with Crippen molar-refractivity contribution < 1.29 is 38.2 Å². The highest BCUT2D eigenvalue weighted by Gasteiger charge is 2.31. The van der Waals surface area contributed by atoms with Crippen molar-refractivity contribution in [2.75, 3.05) is 6.54 Å². The molecule has 4 atom stereocenters. The minimum atomic E-state index is -1.23. The van der Waals surface area contributed by atoms with E-state index in [9.17, 15) is 28.8 Å². The van der Waals surface area contributed by atoms with Gasteiger partial charge in [-0.15, -0.1) is 0 Å². The third-order valence-corrected chi connectivity index (χ3v) is 8.75. The molecular formula is C42H57N9O8. The topological polar surface area (TPSA) is 257 Å². The maximum Gasteiger partial charge on any atom is 0.408 e. The average Bonchev–Trinajstić information content (AvgIpc) is 3.21. The van der Waals surface area contributed by atoms with Crippen LogP contribution >= 0.6 is 0 Å². The first-order chi connectivity index (χ1) is 28.2. The molecular weight excluding hydrogens is 759 g/mol. The molecule has 0 aliphatic rings. The smallest absolute Gasteiger partial charge is 0.408 e. The van der Waals surface area contributed by atoms with Crippen molar-refractivity contribution in [2.45, 2.75) is 90.8 Å². The van der Waals surface area contributed by atoms with Crippen molar-refractivity contribution in [1.29, 1.82) is 0 Å². The zero-order valence-electron chi connectivity index (χ0n) is 33.9. The molecule has 0 aromatic heterocycles. The highest BCUT2D eigenvalue weighted by Crippen LogP contribution is 2.11. The van der Waals surface area contributed by atoms with Gasteiger partial charge >= 0.3 is 18.1 Å². The number of benzene rings is 3. The largest absolute Gasteiger partial charge is 0.459 e. The van der Waals surface area contributed by atoms with Crippen LogP contribution in [0.15, 0.2) is 96.0 Å². The highest BCUT2D eigenvalue weighted by atomic mass is 16.5. The van der Waals surface area contributed by atoms with Gasteiger partial charge in [0.15, 0.2) is 5.96 Å². The number of aliphatic imine (C=N–C) groups is 1. The van der Waals surface area contributed by atoms with Gasteiger partial charge in [0.05, 0.1) is 0 Å². The van der Waals surface area contributed by atoms with Crippen LogP contribution in [-0.2, 0) is 48.3 Å². The fraction of sp³-hybridized carbons (Fsp3) is 0.405. The summed E-state index contributed by atoms with van der Waals surface area (Å²) in [4.78, 5) is 83.9. The van der Waals surface area contributed by atoms with E-state index < -0.39 is 60.0 Å². The van der Waals surface area contributed by atoms with E-state index in [1.165, 1.54) is 0 Å². The molecule has 3 rings (SSSR count). The van der Waals surface area contributed by atoms with Crippen LogP contribution in [-0.4, -0.2) is 72.5 Å². The molecule has 59 heavy (non-hydrogen) atoms. The fourth-order valence-corrected chi connectivity index (χ4v) is 5.69. The maximum atomic E-state index is 13.9. The lowest BCUT2D eigenvalue weighted by Gasteiger charge is -2.26. The summed E-state index contributed by atoms with van der Waals surface area (Å²) in [6, 6.07) is 21.5. The zero-order valence-corrected chi connectivity index (χ0v) is 33.9. The molecule has 318 valence electrons. The molecule has 10 N–H and O–H groups in total. The molecule has 17 heteroatoms. The standard InChI is InChI=1S/C42H57N9O8/c1-27(2)23-33(46-36(52)32(21-14-22-45-40(43)44)48-42(57)59-26-31-19-12-7-13-20-31)37(53)47-34(24-29-15-8-5-9-16-29)38(54)50-51-41(56)49-35(28(3)4)39(55)58-25-30-17-10-6-11-18-30/h5-13,15-20,27-28,32-35H,14,21-26H2,1-4H3,(H,46,52)(H,47,53)(H,48,57)(H,50,54)(H4,43,44,45)(H2,49,51,56)/t32-,33-,34-,35-/m0/s1. The summed E-state index contributed by atoms with van der Waals surface area (Å²) in [6.07, 6.45) is -0.238. The number of carbonyl (C=O) groups is 6. The third-order valence-electron chi connectivity index (χ3n) is 8.75. The predicted octanol–water partition coefficient (Wildman–Crippen LogP) is 2.69. The van der Waals surface area contributed by atoms with Crippen molar-refractivity contribution in [3.8, 4) is 0 Å². The lowest BCUT2D eigenvalue weighted by molar-refractivity contribution is -0.148. The molecule has 0 saturated carbocycles. The van der Waals surface area contributed by atoms with E-state index in [0.717, 1.165) is 11.1 Å². The second-order valence-electron chi connectivity index (χ2n) is 14.6. The molecule has 0 saturated heterocycles. The summed E-state index contributed by atoms with van der Waals surface area (Å²) in [5, 5.41) is 10.6. The lowest BCUT2D eigenvalue weighted by atomic mass is 10.0. The quantitative estimate of drug-likeness (QED) is 0.0256. The van der Waals surface area contributed by atoms with Crippen LogP contribution in [0, 0.1) is 11.8 Å². The van der Waals surface area contributed by atoms with E-state index in [1.54, 1.807) is 80.6 Å². The molecule has 3 aromatic carbocycles. The van der Waals surface area contributed by atoms with Gasteiger partial charge in [-0.1, -0.05) is 119 Å². The number of ether oxygens (including phenoxy) is 2. The van der Waals surface area contributed by atoms with Crippen molar-refractivity contribution in [1.82, 2.24) is 32.1 Å². The van der Waals surface area contributed by atoms with E-state index in [2.05, 4.69) is 37.1 Å². The number of esters is 1. The van der Waals surface area contributed by atoms with E-state index in [0.29, 0.717) is 12.0 Å². The Morgan fingerprint density at radius 2 is 1.14 bits per heavy atom. The Balaban J connectivity index is 1.71. The Morgan fingerprint density at radius 3 is 1.68 bits per heavy atom. The van der Waals surface area contributed by atoms with Gasteiger partial charge in [0.25, 0.3) is 5.91 Å². The van der Waals surface area contributed by atoms with Crippen LogP contribution in [0.25, 0.3) is 0 Å². The lowest BCUT2D eigenvalue weighted by Crippen LogP contribution is -2.60. The summed E-state index contributed by atoms with van der Waals surface area (Å²) < 4.78 is 10.7. The van der Waals surface area contributed by atoms with Crippen LogP contribution in [0.1, 0.15) is 63.6 Å². The average molecular weight is 816 g/mol. The predicted molar refractivity (Wildman–Crippen MR) is 222 cm³/mol. The van der Waals surface area contributed by atoms with Crippen LogP contribution in [0.2, 0.25) is 0 Å². The van der Waals surface area contributed by atoms with Crippen LogP contribution in [0.3, 0.4) is 0 Å². The number of hydrogen-bond acceptors (Lipinski definition) is 9. The van der Waals surface area contributed by atoms with E-state index in [-0.39, 0.29) is 56.8 Å². The van der Waals surface area contributed by atoms with Crippen LogP contribution < -0.4 is 43.6 Å². The minimum absolute atomic E-state index is 0.0138. The van der Waals surface area contributed by atoms with Gasteiger partial charge in [0.1, 0.15) is 37.4 Å². The van der Waals surface area contributed by atoms with Crippen molar-refractivity contribution in [3.05, 3.63) is 108 Å². The van der Waals surface area contributed by atoms with Crippen LogP contribution in [0.4, 0.5) is 9.59 Å². The van der Waals surface area contributed by atoms with E-state index in [4.69, 9.17) is 20.9 Å². The Hall–Kier alpha value is -6.65. The Labute approximate surface area is 344 Å². The van der Waals surface area contributed by atoms with Gasteiger partial charge in [-0.2, -0.15) is 0 Å². The number of nitrogens with zero attached hydrogens (tertiary/aromatic N) is 1. The molecule has 0 bridgehead atoms. The Morgan fingerprint density at radius 1 is 0.610 bits per heavy atom. The van der Waals surface area contributed by atoms with Gasteiger partial charge in [0.2, 0.25) is 11.8 Å². The van der Waals surface area contributed by atoms with E-state index >= 15 is 0 Å². The Kier molecular flexibility index (Phi) is 19.7.